The predicted octanol–water partition coefficient (Wildman–Crippen LogP) is 10.3. The number of carbonyl (C=O) groups excluding carboxylic acids is 2. The summed E-state index contributed by atoms with van der Waals surface area (Å²) in [6.07, 6.45) is 2.61. The number of alkyl carbamates (subject to hydrolysis) is 2. The molecule has 4 aromatic heterocycles. The number of amides is 2. The largest absolute Gasteiger partial charge is 0.444 e. The van der Waals surface area contributed by atoms with Crippen LogP contribution in [0, 0.1) is 17.8 Å². The van der Waals surface area contributed by atoms with Gasteiger partial charge in [0.15, 0.2) is 0 Å². The van der Waals surface area contributed by atoms with Gasteiger partial charge >= 0.3 is 12.2 Å². The third-order valence-corrected chi connectivity index (χ3v) is 10.6. The van der Waals surface area contributed by atoms with Crippen LogP contribution in [0.3, 0.4) is 0 Å². The molecule has 0 bridgehead atoms. The Morgan fingerprint density at radius 3 is 1.69 bits per heavy atom. The van der Waals surface area contributed by atoms with Gasteiger partial charge < -0.3 is 30.1 Å². The molecule has 0 aliphatic heterocycles. The molecule has 7 rings (SSSR count). The molecule has 1 aliphatic carbocycles. The number of fused-ring (bicyclic) bond motifs is 3. The average Bonchev–Trinajstić information content (AvgIpc) is 3.45. The standard InChI is InChI=1S/C44H54N8O4.C2H6/c1-24(26(3)45-41(53)55-43(4,5)6)10-20-38-48-34-14-11-27(22-36(34)50-38)30-16-18-33-32(46-30)19-17-31(47-33)28-12-15-35-37(23-28)51-39(49-35)21-13-29-25(2)40(29)52-42(54)56-44(7,8)9;1-2/h11-12,14-19,22-26,29,40H,10,13,20-21H2,1-9H3,(H,45,53)(H,48,50)(H,49,51)(H,52,54);1-2H3/t24?,25-,26-,29?,40?;/m1./s1. The number of nitrogens with one attached hydrogen (secondary N) is 4. The number of aromatic nitrogens is 6. The summed E-state index contributed by atoms with van der Waals surface area (Å²) in [6.45, 7) is 21.5. The molecule has 0 spiro atoms. The maximum atomic E-state index is 12.2. The zero-order valence-electron chi connectivity index (χ0n) is 35.9. The minimum Gasteiger partial charge on any atom is -0.444 e. The van der Waals surface area contributed by atoms with Crippen LogP contribution >= 0.6 is 0 Å². The Kier molecular flexibility index (Phi) is 12.4. The summed E-state index contributed by atoms with van der Waals surface area (Å²) in [5.74, 6) is 2.90. The Bertz CT molecular complexity index is 2230. The summed E-state index contributed by atoms with van der Waals surface area (Å²) < 4.78 is 10.8. The van der Waals surface area contributed by atoms with Crippen molar-refractivity contribution in [3.63, 3.8) is 0 Å². The van der Waals surface area contributed by atoms with E-state index in [0.29, 0.717) is 11.8 Å². The number of nitrogens with zero attached hydrogens (tertiary/aromatic N) is 4. The van der Waals surface area contributed by atoms with E-state index in [2.05, 4.69) is 58.7 Å². The highest BCUT2D eigenvalue weighted by Gasteiger charge is 2.47. The Labute approximate surface area is 341 Å². The molecule has 1 saturated carbocycles. The monoisotopic (exact) mass is 788 g/mol. The number of aryl methyl sites for hydroxylation is 2. The first-order valence-corrected chi connectivity index (χ1v) is 20.7. The van der Waals surface area contributed by atoms with Gasteiger partial charge in [0.2, 0.25) is 0 Å². The van der Waals surface area contributed by atoms with Gasteiger partial charge in [0.25, 0.3) is 0 Å². The van der Waals surface area contributed by atoms with Crippen LogP contribution in [0.2, 0.25) is 0 Å². The molecule has 1 fully saturated rings. The molecule has 0 saturated heterocycles. The van der Waals surface area contributed by atoms with E-state index in [-0.39, 0.29) is 24.1 Å². The summed E-state index contributed by atoms with van der Waals surface area (Å²) in [4.78, 5) is 51.0. The van der Waals surface area contributed by atoms with Crippen LogP contribution in [0.25, 0.3) is 55.6 Å². The summed E-state index contributed by atoms with van der Waals surface area (Å²) >= 11 is 0. The average molecular weight is 789 g/mol. The lowest BCUT2D eigenvalue weighted by Gasteiger charge is -2.24. The first-order valence-electron chi connectivity index (χ1n) is 20.7. The lowest BCUT2D eigenvalue weighted by atomic mass is 9.98. The fourth-order valence-corrected chi connectivity index (χ4v) is 7.24. The summed E-state index contributed by atoms with van der Waals surface area (Å²) in [5, 5.41) is 5.98. The number of carbonyl (C=O) groups is 2. The van der Waals surface area contributed by atoms with Crippen LogP contribution < -0.4 is 10.6 Å². The fourth-order valence-electron chi connectivity index (χ4n) is 7.24. The van der Waals surface area contributed by atoms with Gasteiger partial charge in [-0.2, -0.15) is 0 Å². The van der Waals surface area contributed by atoms with Gasteiger partial charge in [-0.3, -0.25) is 0 Å². The minimum absolute atomic E-state index is 0.0299. The number of hydrogen-bond donors (Lipinski definition) is 4. The molecule has 2 amide bonds. The van der Waals surface area contributed by atoms with Crippen molar-refractivity contribution in [3.8, 4) is 22.5 Å². The zero-order chi connectivity index (χ0) is 41.9. The maximum Gasteiger partial charge on any atom is 0.407 e. The summed E-state index contributed by atoms with van der Waals surface area (Å²) in [5.41, 5.74) is 8.07. The summed E-state index contributed by atoms with van der Waals surface area (Å²) in [6, 6.07) is 20.5. The molecule has 4 N–H and O–H groups in total. The Morgan fingerprint density at radius 1 is 0.690 bits per heavy atom. The molecule has 308 valence electrons. The molecule has 4 heterocycles. The van der Waals surface area contributed by atoms with Crippen LogP contribution in [0.1, 0.15) is 101 Å². The van der Waals surface area contributed by atoms with Crippen molar-refractivity contribution >= 4 is 45.3 Å². The Balaban J connectivity index is 0.00000279. The molecule has 5 atom stereocenters. The molecule has 1 aliphatic rings. The second-order valence-corrected chi connectivity index (χ2v) is 17.4. The first kappa shape index (κ1) is 42.1. The van der Waals surface area contributed by atoms with Crippen molar-refractivity contribution in [1.82, 2.24) is 40.5 Å². The molecular formula is C46H60N8O4. The second-order valence-electron chi connectivity index (χ2n) is 17.4. The smallest absolute Gasteiger partial charge is 0.407 e. The van der Waals surface area contributed by atoms with Crippen LogP contribution in [0.4, 0.5) is 9.59 Å². The van der Waals surface area contributed by atoms with Gasteiger partial charge in [-0.05, 0) is 128 Å². The number of benzene rings is 2. The lowest BCUT2D eigenvalue weighted by molar-refractivity contribution is 0.0488. The number of ether oxygens (including phenoxy) is 2. The molecule has 12 heteroatoms. The van der Waals surface area contributed by atoms with Crippen LogP contribution in [0.15, 0.2) is 60.7 Å². The van der Waals surface area contributed by atoms with E-state index in [4.69, 9.17) is 29.4 Å². The number of imidazole rings is 2. The predicted molar refractivity (Wildman–Crippen MR) is 232 cm³/mol. The highest BCUT2D eigenvalue weighted by Crippen LogP contribution is 2.42. The quantitative estimate of drug-likeness (QED) is 0.101. The van der Waals surface area contributed by atoms with Gasteiger partial charge in [-0.1, -0.05) is 39.8 Å². The van der Waals surface area contributed by atoms with Crippen molar-refractivity contribution < 1.29 is 19.1 Å². The molecule has 3 unspecified atom stereocenters. The highest BCUT2D eigenvalue weighted by atomic mass is 16.6. The first-order chi connectivity index (χ1) is 27.5. The second kappa shape index (κ2) is 17.1. The van der Waals surface area contributed by atoms with Gasteiger partial charge in [0.05, 0.1) is 44.5 Å². The summed E-state index contributed by atoms with van der Waals surface area (Å²) in [7, 11) is 0. The van der Waals surface area contributed by atoms with E-state index >= 15 is 0 Å². The topological polar surface area (TPSA) is 160 Å². The van der Waals surface area contributed by atoms with Crippen LogP contribution in [0.5, 0.6) is 0 Å². The molecule has 58 heavy (non-hydrogen) atoms. The normalized spacial score (nSPS) is 17.7. The van der Waals surface area contributed by atoms with E-state index in [0.717, 1.165) is 92.9 Å². The third-order valence-electron chi connectivity index (χ3n) is 10.6. The van der Waals surface area contributed by atoms with Crippen molar-refractivity contribution in [3.05, 3.63) is 72.3 Å². The lowest BCUT2D eigenvalue weighted by Crippen LogP contribution is -2.40. The molecule has 12 nitrogen and oxygen atoms in total. The van der Waals surface area contributed by atoms with Crippen LogP contribution in [-0.2, 0) is 22.3 Å². The SMILES string of the molecule is CC.CC(CCc1nc2ccc(-c3ccc4nc(-c5ccc6nc(CCC7C(NC(=O)OC(C)(C)C)[C@@H]7C)[nH]c6c5)ccc4n3)cc2[nH]1)[C@@H](C)NC(=O)OC(C)(C)C. The minimum atomic E-state index is -0.528. The molecule has 6 aromatic rings. The van der Waals surface area contributed by atoms with Crippen LogP contribution in [-0.4, -0.2) is 65.4 Å². The number of aromatic amines is 2. The van der Waals surface area contributed by atoms with Gasteiger partial charge in [0.1, 0.15) is 22.9 Å². The maximum absolute atomic E-state index is 12.2. The number of hydrogen-bond acceptors (Lipinski definition) is 8. The van der Waals surface area contributed by atoms with Crippen molar-refractivity contribution in [2.45, 2.75) is 125 Å². The van der Waals surface area contributed by atoms with Crippen molar-refractivity contribution in [2.24, 2.45) is 17.8 Å². The van der Waals surface area contributed by atoms with Crippen molar-refractivity contribution in [2.75, 3.05) is 0 Å². The van der Waals surface area contributed by atoms with E-state index in [1.807, 2.05) is 98.7 Å². The molecule has 2 aromatic carbocycles. The van der Waals surface area contributed by atoms with E-state index < -0.39 is 17.3 Å². The zero-order valence-corrected chi connectivity index (χ0v) is 35.9. The fraction of sp³-hybridized carbons (Fsp3) is 0.478. The third kappa shape index (κ3) is 10.5. The van der Waals surface area contributed by atoms with E-state index in [9.17, 15) is 9.59 Å². The Hall–Kier alpha value is -5.52. The molecular weight excluding hydrogens is 729 g/mol. The van der Waals surface area contributed by atoms with E-state index in [1.165, 1.54) is 0 Å². The van der Waals surface area contributed by atoms with Gasteiger partial charge in [-0.25, -0.2) is 29.5 Å². The number of rotatable bonds is 11. The highest BCUT2D eigenvalue weighted by molar-refractivity contribution is 5.86. The van der Waals surface area contributed by atoms with E-state index in [1.54, 1.807) is 0 Å². The van der Waals surface area contributed by atoms with Gasteiger partial charge in [-0.15, -0.1) is 0 Å². The number of H-pyrrole nitrogens is 2. The Morgan fingerprint density at radius 2 is 1.17 bits per heavy atom. The van der Waals surface area contributed by atoms with Crippen molar-refractivity contribution in [1.29, 1.82) is 0 Å². The van der Waals surface area contributed by atoms with Gasteiger partial charge in [0, 0.05) is 36.1 Å². The molecule has 0 radical (unpaired) electrons. The number of pyridine rings is 2.